The molecule has 18 heteroatoms. The van der Waals surface area contributed by atoms with Gasteiger partial charge >= 0.3 is 5.97 Å². The number of hydrogen-bond acceptors (Lipinski definition) is 18. The summed E-state index contributed by atoms with van der Waals surface area (Å²) in [5.41, 5.74) is -1.12. The molecule has 5 saturated carbocycles. The minimum absolute atomic E-state index is 0.00799. The molecule has 0 spiro atoms. The van der Waals surface area contributed by atoms with Gasteiger partial charge in [-0.15, -0.1) is 0 Å². The lowest BCUT2D eigenvalue weighted by Gasteiger charge is -2.73. The molecule has 0 bridgehead atoms. The molecule has 3 unspecified atom stereocenters. The lowest BCUT2D eigenvalue weighted by molar-refractivity contribution is -0.361. The number of hydrogen-bond donors (Lipinski definition) is 11. The summed E-state index contributed by atoms with van der Waals surface area (Å²) >= 11 is 0. The number of aliphatic hydroxyl groups excluding tert-OH is 11. The summed E-state index contributed by atoms with van der Waals surface area (Å²) in [5.74, 6) is -0.766. The third-order valence-electron chi connectivity index (χ3n) is 19.6. The van der Waals surface area contributed by atoms with Crippen LogP contribution in [0.4, 0.5) is 0 Å². The highest BCUT2D eigenvalue weighted by Gasteiger charge is 2.74. The number of carbonyl (C=O) groups excluding carboxylic acids is 1. The zero-order valence-corrected chi connectivity index (χ0v) is 39.5. The molecule has 11 N–H and O–H groups in total. The molecular formula is C48H78O18. The predicted molar refractivity (Wildman–Crippen MR) is 230 cm³/mol. The molecule has 5 aliphatic carbocycles. The van der Waals surface area contributed by atoms with Crippen molar-refractivity contribution in [3.63, 3.8) is 0 Å². The Kier molecular flexibility index (Phi) is 13.9. The second-order valence-corrected chi connectivity index (χ2v) is 23.1. The van der Waals surface area contributed by atoms with E-state index in [0.29, 0.717) is 38.5 Å². The number of allylic oxidation sites excluding steroid dienone is 1. The van der Waals surface area contributed by atoms with Crippen LogP contribution >= 0.6 is 0 Å². The van der Waals surface area contributed by atoms with Gasteiger partial charge < -0.3 is 84.6 Å². The third-order valence-corrected chi connectivity index (χ3v) is 19.6. The summed E-state index contributed by atoms with van der Waals surface area (Å²) in [6.07, 6.45) is -19.2. The zero-order valence-electron chi connectivity index (χ0n) is 39.5. The van der Waals surface area contributed by atoms with Crippen LogP contribution in [0.25, 0.3) is 0 Å². The first-order valence-corrected chi connectivity index (χ1v) is 24.3. The number of carbonyl (C=O) groups is 1. The maximum atomic E-state index is 15.0. The highest BCUT2D eigenvalue weighted by molar-refractivity contribution is 5.78. The lowest BCUT2D eigenvalue weighted by atomic mass is 9.31. The van der Waals surface area contributed by atoms with Crippen LogP contribution in [-0.2, 0) is 33.2 Å². The van der Waals surface area contributed by atoms with E-state index in [1.807, 2.05) is 6.92 Å². The minimum atomic E-state index is -1.86. The molecule has 0 aromatic carbocycles. The predicted octanol–water partition coefficient (Wildman–Crippen LogP) is -0.00520. The second-order valence-electron chi connectivity index (χ2n) is 23.1. The fourth-order valence-corrected chi connectivity index (χ4v) is 15.8. The fraction of sp³-hybridized carbons (Fsp3) is 0.938. The molecule has 66 heavy (non-hydrogen) atoms. The number of fused-ring (bicyclic) bond motifs is 7. The Morgan fingerprint density at radius 2 is 1.32 bits per heavy atom. The van der Waals surface area contributed by atoms with Gasteiger partial charge in [0, 0.05) is 0 Å². The monoisotopic (exact) mass is 943 g/mol. The molecule has 3 saturated heterocycles. The van der Waals surface area contributed by atoms with E-state index in [9.17, 15) is 61.0 Å². The van der Waals surface area contributed by atoms with E-state index >= 15 is 0 Å². The van der Waals surface area contributed by atoms with E-state index in [4.69, 9.17) is 28.4 Å². The van der Waals surface area contributed by atoms with Crippen LogP contribution in [0.15, 0.2) is 12.2 Å². The van der Waals surface area contributed by atoms with Gasteiger partial charge in [0.25, 0.3) is 0 Å². The molecule has 3 heterocycles. The summed E-state index contributed by atoms with van der Waals surface area (Å²) in [6.45, 7) is 17.8. The van der Waals surface area contributed by atoms with Crippen LogP contribution in [0.2, 0.25) is 0 Å². The Hall–Kier alpha value is -1.43. The maximum absolute atomic E-state index is 15.0. The van der Waals surface area contributed by atoms with Crippen LogP contribution in [0.1, 0.15) is 106 Å². The standard InChI is InChI=1S/C48H78O18/c1-20(2)22-9-14-48(16-15-46(7)23(29(22)48)17-24(50)39-45(6)12-11-28(51)44(4,5)27(45)10-13-47(39,46)8)43(60)66-42-36(58)33(55)31(53)26(64-42)19-61-40-37(59)34(56)38(25(18-49)63-40)65-41-35(57)32(54)30(52)21(3)62-41/h21-42,49-59H,1,9-19H2,2-8H3/t21-,22-,23+,24+,25+,26+,27?,28+,29?,30-,31+,32+,33-,34+,35+,36+,37+,38+,39?,40+,41+,42-,45-,46+,47+,48-/m0/s1. The third kappa shape index (κ3) is 7.69. The summed E-state index contributed by atoms with van der Waals surface area (Å²) in [6, 6.07) is 0. The topological polar surface area (TPSA) is 295 Å². The molecule has 8 aliphatic rings. The normalized spacial score (nSPS) is 55.7. The van der Waals surface area contributed by atoms with Crippen LogP contribution in [-0.4, -0.2) is 180 Å². The highest BCUT2D eigenvalue weighted by Crippen LogP contribution is 2.77. The average Bonchev–Trinajstić information content (AvgIpc) is 3.67. The lowest BCUT2D eigenvalue weighted by Crippen LogP contribution is -2.70. The quantitative estimate of drug-likeness (QED) is 0.107. The Morgan fingerprint density at radius 3 is 1.98 bits per heavy atom. The first kappa shape index (κ1) is 50.9. The van der Waals surface area contributed by atoms with Crippen molar-refractivity contribution in [3.8, 4) is 0 Å². The number of aliphatic hydroxyl groups is 11. The SMILES string of the molecule is C=C(C)[C@@H]1CC[C@]2(C(=O)O[C@@H]3O[C@H](CO[C@@H]4O[C@H](CO)[C@@H](O[C@H]5O[C@@H](C)[C@H](O)[C@@H](O)[C@H]5O)[C@H](O)[C@H]4O)[C@@H](O)[C@H](O)[C@H]3O)CC[C@]3(C)[C@H](C[C@@H](O)C4[C@@]5(C)CC[C@@H](O)C(C)(C)C5CC[C@]43C)C12. The van der Waals surface area contributed by atoms with Crippen LogP contribution in [0.5, 0.6) is 0 Å². The number of esters is 1. The molecule has 8 rings (SSSR count). The van der Waals surface area contributed by atoms with Gasteiger partial charge in [-0.3, -0.25) is 4.79 Å². The largest absolute Gasteiger partial charge is 0.432 e. The smallest absolute Gasteiger partial charge is 0.314 e. The van der Waals surface area contributed by atoms with Gasteiger partial charge in [-0.2, -0.15) is 0 Å². The molecule has 3 aliphatic heterocycles. The molecule has 0 amide bonds. The first-order valence-electron chi connectivity index (χ1n) is 24.3. The van der Waals surface area contributed by atoms with Crippen molar-refractivity contribution in [2.75, 3.05) is 13.2 Å². The van der Waals surface area contributed by atoms with Gasteiger partial charge in [0.05, 0.1) is 36.9 Å². The van der Waals surface area contributed by atoms with Crippen LogP contribution in [0.3, 0.4) is 0 Å². The number of rotatable bonds is 9. The molecule has 26 atom stereocenters. The van der Waals surface area contributed by atoms with E-state index in [1.165, 1.54) is 6.92 Å². The van der Waals surface area contributed by atoms with Crippen molar-refractivity contribution in [2.24, 2.45) is 56.7 Å². The molecule has 0 aromatic heterocycles. The summed E-state index contributed by atoms with van der Waals surface area (Å²) in [5, 5.41) is 120. The van der Waals surface area contributed by atoms with Gasteiger partial charge in [0.15, 0.2) is 12.6 Å². The molecule has 0 aromatic rings. The molecule has 0 radical (unpaired) electrons. The van der Waals surface area contributed by atoms with Gasteiger partial charge in [-0.25, -0.2) is 0 Å². The number of ether oxygens (including phenoxy) is 6. The van der Waals surface area contributed by atoms with Gasteiger partial charge in [0.1, 0.15) is 67.1 Å². The van der Waals surface area contributed by atoms with E-state index in [0.717, 1.165) is 24.8 Å². The first-order chi connectivity index (χ1) is 30.8. The Labute approximate surface area is 387 Å². The fourth-order valence-electron chi connectivity index (χ4n) is 15.8. The van der Waals surface area contributed by atoms with Gasteiger partial charge in [0.2, 0.25) is 6.29 Å². The van der Waals surface area contributed by atoms with E-state index < -0.39 is 129 Å². The van der Waals surface area contributed by atoms with Crippen LogP contribution in [0, 0.1) is 56.7 Å². The van der Waals surface area contributed by atoms with E-state index in [2.05, 4.69) is 41.2 Å². The van der Waals surface area contributed by atoms with Crippen molar-refractivity contribution >= 4 is 5.97 Å². The van der Waals surface area contributed by atoms with Crippen molar-refractivity contribution in [3.05, 3.63) is 12.2 Å². The summed E-state index contributed by atoms with van der Waals surface area (Å²) in [4.78, 5) is 15.0. The molecule has 8 fully saturated rings. The van der Waals surface area contributed by atoms with E-state index in [1.54, 1.807) is 0 Å². The minimum Gasteiger partial charge on any atom is -0.432 e. The maximum Gasteiger partial charge on any atom is 0.314 e. The Balaban J connectivity index is 0.975. The van der Waals surface area contributed by atoms with Crippen molar-refractivity contribution < 1.29 is 89.4 Å². The van der Waals surface area contributed by atoms with E-state index in [-0.39, 0.29) is 51.2 Å². The van der Waals surface area contributed by atoms with Crippen molar-refractivity contribution in [1.82, 2.24) is 0 Å². The zero-order chi connectivity index (χ0) is 48.4. The summed E-state index contributed by atoms with van der Waals surface area (Å²) < 4.78 is 34.7. The molecule has 18 nitrogen and oxygen atoms in total. The van der Waals surface area contributed by atoms with Crippen molar-refractivity contribution in [2.45, 2.75) is 211 Å². The Morgan fingerprint density at radius 1 is 0.682 bits per heavy atom. The summed E-state index contributed by atoms with van der Waals surface area (Å²) in [7, 11) is 0. The van der Waals surface area contributed by atoms with Gasteiger partial charge in [-0.1, -0.05) is 46.8 Å². The molecule has 378 valence electrons. The van der Waals surface area contributed by atoms with Crippen LogP contribution < -0.4 is 0 Å². The average molecular weight is 943 g/mol. The van der Waals surface area contributed by atoms with Crippen molar-refractivity contribution in [1.29, 1.82) is 0 Å². The second kappa shape index (κ2) is 18.0. The Bertz CT molecular complexity index is 1780. The highest BCUT2D eigenvalue weighted by atomic mass is 16.8. The molecular weight excluding hydrogens is 865 g/mol. The van der Waals surface area contributed by atoms with Gasteiger partial charge in [-0.05, 0) is 123 Å².